The number of hydrogen-bond acceptors (Lipinski definition) is 3. The second-order valence-electron chi connectivity index (χ2n) is 4.01. The molecule has 18 heavy (non-hydrogen) atoms. The summed E-state index contributed by atoms with van der Waals surface area (Å²) in [4.78, 5) is 13.1. The first-order chi connectivity index (χ1) is 8.13. The van der Waals surface area contributed by atoms with E-state index in [9.17, 15) is 4.79 Å². The van der Waals surface area contributed by atoms with Crippen LogP contribution in [0.3, 0.4) is 0 Å². The molecule has 0 saturated heterocycles. The van der Waals surface area contributed by atoms with Gasteiger partial charge >= 0.3 is 0 Å². The maximum absolute atomic E-state index is 11.4. The summed E-state index contributed by atoms with van der Waals surface area (Å²) in [6.45, 7) is 3.49. The summed E-state index contributed by atoms with van der Waals surface area (Å²) in [5, 5.41) is 2.83. The molecule has 0 aliphatic rings. The molecule has 0 aliphatic heterocycles. The lowest BCUT2D eigenvalue weighted by Gasteiger charge is -2.17. The van der Waals surface area contributed by atoms with Gasteiger partial charge in [0.15, 0.2) is 0 Å². The average molecular weight is 273 g/mol. The van der Waals surface area contributed by atoms with Crippen molar-refractivity contribution in [2.75, 3.05) is 33.8 Å². The molecule has 102 valence electrons. The van der Waals surface area contributed by atoms with E-state index in [4.69, 9.17) is 4.74 Å². The van der Waals surface area contributed by atoms with E-state index in [1.165, 1.54) is 5.56 Å². The molecule has 0 atom stereocenters. The zero-order chi connectivity index (χ0) is 12.7. The van der Waals surface area contributed by atoms with Crippen molar-refractivity contribution in [3.05, 3.63) is 29.8 Å². The number of likely N-dealkylation sites (N-methyl/N-ethyl adjacent to an activating group) is 2. The monoisotopic (exact) mass is 272 g/mol. The number of halogens is 1. The Labute approximate surface area is 115 Å². The highest BCUT2D eigenvalue weighted by atomic mass is 35.5. The molecular formula is C13H21ClN2O2. The fourth-order valence-electron chi connectivity index (χ4n) is 1.42. The van der Waals surface area contributed by atoms with Gasteiger partial charge in [-0.05, 0) is 31.7 Å². The third-order valence-corrected chi connectivity index (χ3v) is 2.44. The van der Waals surface area contributed by atoms with Gasteiger partial charge in [-0.25, -0.2) is 0 Å². The highest BCUT2D eigenvalue weighted by molar-refractivity contribution is 5.85. The van der Waals surface area contributed by atoms with Gasteiger partial charge in [-0.2, -0.15) is 0 Å². The van der Waals surface area contributed by atoms with Crippen LogP contribution >= 0.6 is 12.4 Å². The molecule has 4 nitrogen and oxygen atoms in total. The van der Waals surface area contributed by atoms with Crippen LogP contribution in [0.15, 0.2) is 24.3 Å². The van der Waals surface area contributed by atoms with Crippen molar-refractivity contribution in [2.24, 2.45) is 0 Å². The number of nitrogens with zero attached hydrogens (tertiary/aromatic N) is 1. The average Bonchev–Trinajstić information content (AvgIpc) is 2.29. The number of carbonyl (C=O) groups is 1. The largest absolute Gasteiger partial charge is 0.492 e. The van der Waals surface area contributed by atoms with Crippen LogP contribution in [0.25, 0.3) is 0 Å². The summed E-state index contributed by atoms with van der Waals surface area (Å²) >= 11 is 0. The van der Waals surface area contributed by atoms with Crippen molar-refractivity contribution in [1.29, 1.82) is 0 Å². The van der Waals surface area contributed by atoms with Crippen molar-refractivity contribution < 1.29 is 9.53 Å². The Morgan fingerprint density at radius 2 is 2.17 bits per heavy atom. The highest BCUT2D eigenvalue weighted by Gasteiger charge is 2.06. The van der Waals surface area contributed by atoms with Crippen LogP contribution in [0, 0.1) is 6.92 Å². The summed E-state index contributed by atoms with van der Waals surface area (Å²) in [6, 6.07) is 7.88. The smallest absolute Gasteiger partial charge is 0.236 e. The number of aryl methyl sites for hydroxylation is 1. The van der Waals surface area contributed by atoms with Crippen LogP contribution in [0.1, 0.15) is 5.56 Å². The van der Waals surface area contributed by atoms with Crippen LogP contribution in [-0.4, -0.2) is 44.6 Å². The number of benzene rings is 1. The summed E-state index contributed by atoms with van der Waals surface area (Å²) < 4.78 is 5.57. The zero-order valence-electron chi connectivity index (χ0n) is 11.1. The molecule has 0 heterocycles. The normalized spacial score (nSPS) is 9.50. The Morgan fingerprint density at radius 1 is 1.44 bits per heavy atom. The van der Waals surface area contributed by atoms with E-state index >= 15 is 0 Å². The highest BCUT2D eigenvalue weighted by Crippen LogP contribution is 2.11. The molecule has 0 aliphatic carbocycles. The number of rotatable bonds is 6. The molecule has 0 unspecified atom stereocenters. The summed E-state index contributed by atoms with van der Waals surface area (Å²) in [5.74, 6) is 0.916. The molecule has 0 spiro atoms. The number of carbonyl (C=O) groups excluding carboxylic acids is 1. The van der Waals surface area contributed by atoms with Gasteiger partial charge in [0.1, 0.15) is 12.4 Å². The molecule has 1 aromatic rings. The third-order valence-electron chi connectivity index (χ3n) is 2.44. The van der Waals surface area contributed by atoms with Crippen LogP contribution in [0.2, 0.25) is 0 Å². The standard InChI is InChI=1S/C13H20N2O2.ClH/c1-11-5-4-6-12(9-11)17-8-7-15(3)13(16)10-14-2;/h4-6,9,14H,7-8,10H2,1-3H3;1H. The minimum atomic E-state index is 0. The zero-order valence-corrected chi connectivity index (χ0v) is 11.9. The molecule has 1 N–H and O–H groups in total. The van der Waals surface area contributed by atoms with E-state index in [1.54, 1.807) is 19.0 Å². The van der Waals surface area contributed by atoms with E-state index < -0.39 is 0 Å². The molecule has 0 radical (unpaired) electrons. The first-order valence-corrected chi connectivity index (χ1v) is 5.71. The molecule has 1 aromatic carbocycles. The van der Waals surface area contributed by atoms with E-state index in [2.05, 4.69) is 5.32 Å². The minimum Gasteiger partial charge on any atom is -0.492 e. The van der Waals surface area contributed by atoms with E-state index in [0.29, 0.717) is 19.7 Å². The lowest BCUT2D eigenvalue weighted by Crippen LogP contribution is -2.36. The van der Waals surface area contributed by atoms with Crippen molar-refractivity contribution in [3.63, 3.8) is 0 Å². The quantitative estimate of drug-likeness (QED) is 0.853. The van der Waals surface area contributed by atoms with Gasteiger partial charge in [0.05, 0.1) is 13.1 Å². The fraction of sp³-hybridized carbons (Fsp3) is 0.462. The van der Waals surface area contributed by atoms with Gasteiger partial charge < -0.3 is 15.0 Å². The van der Waals surface area contributed by atoms with Crippen molar-refractivity contribution in [2.45, 2.75) is 6.92 Å². The maximum Gasteiger partial charge on any atom is 0.236 e. The van der Waals surface area contributed by atoms with Crippen molar-refractivity contribution in [3.8, 4) is 5.75 Å². The number of ether oxygens (including phenoxy) is 1. The van der Waals surface area contributed by atoms with Gasteiger partial charge in [-0.3, -0.25) is 4.79 Å². The molecule has 0 aromatic heterocycles. The Kier molecular flexibility index (Phi) is 8.16. The Morgan fingerprint density at radius 3 is 2.78 bits per heavy atom. The van der Waals surface area contributed by atoms with E-state index in [-0.39, 0.29) is 18.3 Å². The predicted octanol–water partition coefficient (Wildman–Crippen LogP) is 1.47. The topological polar surface area (TPSA) is 41.6 Å². The number of amides is 1. The molecule has 1 rings (SSSR count). The summed E-state index contributed by atoms with van der Waals surface area (Å²) in [5.41, 5.74) is 1.17. The Bertz CT molecular complexity index is 372. The maximum atomic E-state index is 11.4. The second kappa shape index (κ2) is 8.78. The minimum absolute atomic E-state index is 0. The van der Waals surface area contributed by atoms with Gasteiger partial charge in [0.25, 0.3) is 0 Å². The summed E-state index contributed by atoms with van der Waals surface area (Å²) in [6.07, 6.45) is 0. The van der Waals surface area contributed by atoms with Crippen LogP contribution in [0.5, 0.6) is 5.75 Å². The first-order valence-electron chi connectivity index (χ1n) is 5.71. The summed E-state index contributed by atoms with van der Waals surface area (Å²) in [7, 11) is 3.54. The Hall–Kier alpha value is -1.26. The second-order valence-corrected chi connectivity index (χ2v) is 4.01. The molecular weight excluding hydrogens is 252 g/mol. The van der Waals surface area contributed by atoms with Gasteiger partial charge in [0, 0.05) is 7.05 Å². The van der Waals surface area contributed by atoms with Gasteiger partial charge in [-0.15, -0.1) is 12.4 Å². The fourth-order valence-corrected chi connectivity index (χ4v) is 1.42. The molecule has 0 bridgehead atoms. The van der Waals surface area contributed by atoms with E-state index in [1.807, 2.05) is 31.2 Å². The van der Waals surface area contributed by atoms with Gasteiger partial charge in [-0.1, -0.05) is 12.1 Å². The van der Waals surface area contributed by atoms with Crippen molar-refractivity contribution >= 4 is 18.3 Å². The predicted molar refractivity (Wildman–Crippen MR) is 75.5 cm³/mol. The Balaban J connectivity index is 0.00000289. The molecule has 5 heteroatoms. The number of hydrogen-bond donors (Lipinski definition) is 1. The molecule has 0 fully saturated rings. The lowest BCUT2D eigenvalue weighted by atomic mass is 10.2. The molecule has 1 amide bonds. The number of nitrogens with one attached hydrogen (secondary N) is 1. The van der Waals surface area contributed by atoms with Crippen molar-refractivity contribution in [1.82, 2.24) is 10.2 Å². The lowest BCUT2D eigenvalue weighted by molar-refractivity contribution is -0.129. The SMILES string of the molecule is CNCC(=O)N(C)CCOc1cccc(C)c1.Cl. The van der Waals surface area contributed by atoms with Crippen LogP contribution < -0.4 is 10.1 Å². The molecule has 0 saturated carbocycles. The first kappa shape index (κ1) is 16.7. The third kappa shape index (κ3) is 5.89. The van der Waals surface area contributed by atoms with Crippen LogP contribution in [-0.2, 0) is 4.79 Å². The van der Waals surface area contributed by atoms with E-state index in [0.717, 1.165) is 5.75 Å². The van der Waals surface area contributed by atoms with Gasteiger partial charge in [0.2, 0.25) is 5.91 Å². The van der Waals surface area contributed by atoms with Crippen LogP contribution in [0.4, 0.5) is 0 Å².